The zero-order chi connectivity index (χ0) is 19.3. The van der Waals surface area contributed by atoms with Gasteiger partial charge in [-0.3, -0.25) is 9.69 Å². The molecule has 150 valence electrons. The van der Waals surface area contributed by atoms with E-state index in [0.29, 0.717) is 18.3 Å². The zero-order valence-electron chi connectivity index (χ0n) is 16.7. The van der Waals surface area contributed by atoms with Crippen LogP contribution in [0.25, 0.3) is 0 Å². The van der Waals surface area contributed by atoms with Crippen LogP contribution in [0.2, 0.25) is 0 Å². The lowest BCUT2D eigenvalue weighted by atomic mass is 10.1. The van der Waals surface area contributed by atoms with E-state index in [1.54, 1.807) is 0 Å². The molecule has 0 saturated carbocycles. The molecule has 0 unspecified atom stereocenters. The van der Waals surface area contributed by atoms with Crippen molar-refractivity contribution < 1.29 is 4.79 Å². The first-order valence-corrected chi connectivity index (χ1v) is 10.4. The number of nitrogens with zero attached hydrogens (tertiary/aromatic N) is 4. The summed E-state index contributed by atoms with van der Waals surface area (Å²) >= 11 is 0. The highest BCUT2D eigenvalue weighted by atomic mass is 16.2. The van der Waals surface area contributed by atoms with E-state index in [1.807, 2.05) is 11.6 Å². The van der Waals surface area contributed by atoms with Crippen LogP contribution in [0, 0.1) is 6.92 Å². The van der Waals surface area contributed by atoms with Crippen LogP contribution in [0.1, 0.15) is 59.0 Å². The van der Waals surface area contributed by atoms with Gasteiger partial charge in [0.15, 0.2) is 5.69 Å². The van der Waals surface area contributed by atoms with Crippen molar-refractivity contribution in [2.24, 2.45) is 0 Å². The van der Waals surface area contributed by atoms with E-state index in [2.05, 4.69) is 50.1 Å². The summed E-state index contributed by atoms with van der Waals surface area (Å²) in [7, 11) is 0. The average molecular weight is 383 g/mol. The Morgan fingerprint density at radius 3 is 2.75 bits per heavy atom. The van der Waals surface area contributed by atoms with Crippen LogP contribution in [-0.4, -0.2) is 52.0 Å². The highest BCUT2D eigenvalue weighted by Crippen LogP contribution is 2.20. The first-order valence-electron chi connectivity index (χ1n) is 10.4. The number of hydrogen-bond donors (Lipinski definition) is 2. The summed E-state index contributed by atoms with van der Waals surface area (Å²) in [5.74, 6) is -0.150. The Labute approximate surface area is 166 Å². The standard InChI is InChI=1S/C21H30N6O/c1-16-20(24-25-27(16)19-7-9-22-10-8-19)21(28)23-14-17-5-4-6-18(13-17)15-26-11-2-3-12-26/h4-6,13,19,22H,2-3,7-12,14-15H2,1H3,(H,23,28). The van der Waals surface area contributed by atoms with Gasteiger partial charge in [-0.1, -0.05) is 29.5 Å². The molecule has 2 aromatic rings. The van der Waals surface area contributed by atoms with Crippen LogP contribution in [0.4, 0.5) is 0 Å². The van der Waals surface area contributed by atoms with Gasteiger partial charge in [0.25, 0.3) is 5.91 Å². The largest absolute Gasteiger partial charge is 0.347 e. The van der Waals surface area contributed by atoms with Crippen LogP contribution in [-0.2, 0) is 13.1 Å². The van der Waals surface area contributed by atoms with Crippen molar-refractivity contribution >= 4 is 5.91 Å². The topological polar surface area (TPSA) is 75.1 Å². The lowest BCUT2D eigenvalue weighted by Gasteiger charge is -2.23. The van der Waals surface area contributed by atoms with Gasteiger partial charge in [0, 0.05) is 13.1 Å². The second kappa shape index (κ2) is 8.84. The summed E-state index contributed by atoms with van der Waals surface area (Å²) in [5, 5.41) is 14.8. The zero-order valence-corrected chi connectivity index (χ0v) is 16.7. The summed E-state index contributed by atoms with van der Waals surface area (Å²) < 4.78 is 1.92. The molecule has 0 atom stereocenters. The SMILES string of the molecule is Cc1c(C(=O)NCc2cccc(CN3CCCC3)c2)nnn1C1CCNCC1. The Kier molecular flexibility index (Phi) is 6.02. The fraction of sp³-hybridized carbons (Fsp3) is 0.571. The van der Waals surface area contributed by atoms with E-state index >= 15 is 0 Å². The van der Waals surface area contributed by atoms with E-state index < -0.39 is 0 Å². The minimum atomic E-state index is -0.150. The van der Waals surface area contributed by atoms with Crippen molar-refractivity contribution in [2.75, 3.05) is 26.2 Å². The first-order chi connectivity index (χ1) is 13.7. The van der Waals surface area contributed by atoms with Gasteiger partial charge in [-0.15, -0.1) is 5.10 Å². The van der Waals surface area contributed by atoms with Crippen molar-refractivity contribution in [1.82, 2.24) is 30.5 Å². The fourth-order valence-electron chi connectivity index (χ4n) is 4.25. The van der Waals surface area contributed by atoms with E-state index in [-0.39, 0.29) is 5.91 Å². The van der Waals surface area contributed by atoms with Crippen molar-refractivity contribution in [2.45, 2.75) is 51.7 Å². The summed E-state index contributed by atoms with van der Waals surface area (Å²) in [6.07, 6.45) is 4.64. The summed E-state index contributed by atoms with van der Waals surface area (Å²) in [5.41, 5.74) is 3.72. The molecule has 7 heteroatoms. The van der Waals surface area contributed by atoms with Gasteiger partial charge in [-0.2, -0.15) is 0 Å². The third kappa shape index (κ3) is 4.42. The number of benzene rings is 1. The normalized spacial score (nSPS) is 18.5. The van der Waals surface area contributed by atoms with Gasteiger partial charge in [-0.05, 0) is 69.9 Å². The Hall–Kier alpha value is -2.25. The minimum absolute atomic E-state index is 0.150. The van der Waals surface area contributed by atoms with Crippen molar-refractivity contribution in [3.63, 3.8) is 0 Å². The molecular formula is C21H30N6O. The second-order valence-electron chi connectivity index (χ2n) is 7.94. The van der Waals surface area contributed by atoms with E-state index in [1.165, 1.54) is 31.5 Å². The van der Waals surface area contributed by atoms with Gasteiger partial charge in [0.05, 0.1) is 11.7 Å². The van der Waals surface area contributed by atoms with E-state index in [0.717, 1.165) is 43.7 Å². The van der Waals surface area contributed by atoms with Gasteiger partial charge in [0.1, 0.15) is 0 Å². The molecule has 0 radical (unpaired) electrons. The third-order valence-corrected chi connectivity index (χ3v) is 5.85. The molecule has 4 rings (SSSR count). The van der Waals surface area contributed by atoms with Crippen molar-refractivity contribution in [3.05, 3.63) is 46.8 Å². The molecule has 0 bridgehead atoms. The van der Waals surface area contributed by atoms with Crippen LogP contribution in [0.3, 0.4) is 0 Å². The maximum absolute atomic E-state index is 12.7. The summed E-state index contributed by atoms with van der Waals surface area (Å²) in [6.45, 7) is 7.78. The monoisotopic (exact) mass is 382 g/mol. The number of rotatable bonds is 6. The lowest BCUT2D eigenvalue weighted by molar-refractivity contribution is 0.0945. The van der Waals surface area contributed by atoms with Crippen molar-refractivity contribution in [1.29, 1.82) is 0 Å². The number of aromatic nitrogens is 3. The van der Waals surface area contributed by atoms with Crippen LogP contribution in [0.5, 0.6) is 0 Å². The maximum atomic E-state index is 12.7. The molecule has 7 nitrogen and oxygen atoms in total. The molecule has 1 aromatic carbocycles. The first kappa shape index (κ1) is 19.1. The Morgan fingerprint density at radius 1 is 1.21 bits per heavy atom. The quantitative estimate of drug-likeness (QED) is 0.800. The molecule has 0 spiro atoms. The molecule has 2 aliphatic heterocycles. The summed E-state index contributed by atoms with van der Waals surface area (Å²) in [4.78, 5) is 15.1. The number of nitrogens with one attached hydrogen (secondary N) is 2. The highest BCUT2D eigenvalue weighted by molar-refractivity contribution is 5.93. The Morgan fingerprint density at radius 2 is 1.96 bits per heavy atom. The molecule has 28 heavy (non-hydrogen) atoms. The fourth-order valence-corrected chi connectivity index (χ4v) is 4.25. The molecule has 3 heterocycles. The highest BCUT2D eigenvalue weighted by Gasteiger charge is 2.22. The minimum Gasteiger partial charge on any atom is -0.347 e. The predicted octanol–water partition coefficient (Wildman–Crippen LogP) is 2.04. The number of hydrogen-bond acceptors (Lipinski definition) is 5. The van der Waals surface area contributed by atoms with Gasteiger partial charge in [-0.25, -0.2) is 4.68 Å². The van der Waals surface area contributed by atoms with Crippen molar-refractivity contribution in [3.8, 4) is 0 Å². The predicted molar refractivity (Wildman–Crippen MR) is 108 cm³/mol. The Balaban J connectivity index is 1.36. The number of carbonyl (C=O) groups is 1. The molecule has 2 saturated heterocycles. The number of piperidine rings is 1. The van der Waals surface area contributed by atoms with Crippen LogP contribution in [0.15, 0.2) is 24.3 Å². The van der Waals surface area contributed by atoms with E-state index in [4.69, 9.17) is 0 Å². The molecule has 1 amide bonds. The smallest absolute Gasteiger partial charge is 0.274 e. The van der Waals surface area contributed by atoms with E-state index in [9.17, 15) is 4.79 Å². The molecular weight excluding hydrogens is 352 g/mol. The van der Waals surface area contributed by atoms with Crippen LogP contribution >= 0.6 is 0 Å². The van der Waals surface area contributed by atoms with Gasteiger partial charge < -0.3 is 10.6 Å². The van der Waals surface area contributed by atoms with Gasteiger partial charge in [0.2, 0.25) is 0 Å². The van der Waals surface area contributed by atoms with Crippen LogP contribution < -0.4 is 10.6 Å². The molecule has 2 fully saturated rings. The Bertz CT molecular complexity index is 805. The third-order valence-electron chi connectivity index (χ3n) is 5.85. The number of amides is 1. The second-order valence-corrected chi connectivity index (χ2v) is 7.94. The molecule has 1 aromatic heterocycles. The molecule has 2 N–H and O–H groups in total. The van der Waals surface area contributed by atoms with Gasteiger partial charge >= 0.3 is 0 Å². The average Bonchev–Trinajstić information content (AvgIpc) is 3.37. The molecule has 2 aliphatic rings. The molecule has 0 aliphatic carbocycles. The maximum Gasteiger partial charge on any atom is 0.274 e. The summed E-state index contributed by atoms with van der Waals surface area (Å²) in [6, 6.07) is 8.82. The number of likely N-dealkylation sites (tertiary alicyclic amines) is 1. The lowest BCUT2D eigenvalue weighted by Crippen LogP contribution is -2.30. The number of carbonyl (C=O) groups excluding carboxylic acids is 1.